The van der Waals surface area contributed by atoms with Crippen molar-refractivity contribution in [1.29, 1.82) is 0 Å². The van der Waals surface area contributed by atoms with Crippen LogP contribution >= 0.6 is 11.3 Å². The lowest BCUT2D eigenvalue weighted by atomic mass is 10.1. The lowest BCUT2D eigenvalue weighted by Gasteiger charge is -1.99. The summed E-state index contributed by atoms with van der Waals surface area (Å²) < 4.78 is 3.39. The third kappa shape index (κ3) is 2.37. The number of hydrogen-bond donors (Lipinski definition) is 0. The first kappa shape index (κ1) is 13.0. The van der Waals surface area contributed by atoms with Crippen LogP contribution in [0.25, 0.3) is 10.2 Å². The number of nitrogens with zero attached hydrogens (tertiary/aromatic N) is 1. The van der Waals surface area contributed by atoms with Gasteiger partial charge in [0.25, 0.3) is 0 Å². The van der Waals surface area contributed by atoms with E-state index in [1.807, 2.05) is 42.5 Å². The molecule has 20 heavy (non-hydrogen) atoms. The zero-order valence-corrected chi connectivity index (χ0v) is 12.2. The van der Waals surface area contributed by atoms with Crippen molar-refractivity contribution in [2.24, 2.45) is 0 Å². The molecule has 2 aromatic carbocycles. The minimum Gasteiger partial charge on any atom is -0.287 e. The summed E-state index contributed by atoms with van der Waals surface area (Å²) in [6.07, 6.45) is 0.946. The smallest absolute Gasteiger partial charge is 0.238 e. The molecule has 3 heteroatoms. The molecule has 0 saturated heterocycles. The molecule has 0 saturated carbocycles. The number of thiazole rings is 1. The monoisotopic (exact) mass is 282 g/mol. The maximum atomic E-state index is 12.4. The van der Waals surface area contributed by atoms with Crippen LogP contribution in [0.2, 0.25) is 0 Å². The van der Waals surface area contributed by atoms with Gasteiger partial charge in [-0.3, -0.25) is 4.79 Å². The molecule has 0 atom stereocenters. The van der Waals surface area contributed by atoms with Crippen molar-refractivity contribution in [3.8, 4) is 0 Å². The summed E-state index contributed by atoms with van der Waals surface area (Å²) in [6.45, 7) is 2.55. The molecule has 3 aromatic rings. The van der Waals surface area contributed by atoms with Crippen molar-refractivity contribution >= 4 is 27.3 Å². The standard InChI is InChI=1S/C17H16NOS/c1-2-17-18(14-10-6-7-11-16(14)20-17)12-15(19)13-8-4-3-5-9-13/h3-11H,2,12H2,1H3/q+1. The molecule has 3 rings (SSSR count). The molecule has 0 amide bonds. The van der Waals surface area contributed by atoms with Crippen LogP contribution in [-0.4, -0.2) is 5.78 Å². The second-order valence-electron chi connectivity index (χ2n) is 4.69. The number of para-hydroxylation sites is 1. The molecule has 0 unspecified atom stereocenters. The Hall–Kier alpha value is -2.00. The van der Waals surface area contributed by atoms with Crippen LogP contribution in [0.1, 0.15) is 22.3 Å². The largest absolute Gasteiger partial charge is 0.287 e. The van der Waals surface area contributed by atoms with Crippen LogP contribution in [-0.2, 0) is 13.0 Å². The summed E-state index contributed by atoms with van der Waals surface area (Å²) in [5.41, 5.74) is 1.93. The third-order valence-corrected chi connectivity index (χ3v) is 4.69. The van der Waals surface area contributed by atoms with Gasteiger partial charge in [-0.2, -0.15) is 4.57 Å². The van der Waals surface area contributed by atoms with Crippen molar-refractivity contribution in [2.75, 3.05) is 0 Å². The van der Waals surface area contributed by atoms with E-state index in [1.54, 1.807) is 11.3 Å². The first-order valence-corrected chi connectivity index (χ1v) is 7.59. The molecule has 0 fully saturated rings. The topological polar surface area (TPSA) is 20.9 Å². The second-order valence-corrected chi connectivity index (χ2v) is 5.81. The summed E-state index contributed by atoms with van der Waals surface area (Å²) in [6, 6.07) is 17.8. The minimum atomic E-state index is 0.161. The summed E-state index contributed by atoms with van der Waals surface area (Å²) in [7, 11) is 0. The fraction of sp³-hybridized carbons (Fsp3) is 0.176. The van der Waals surface area contributed by atoms with Crippen LogP contribution in [0, 0.1) is 0 Å². The van der Waals surface area contributed by atoms with Crippen LogP contribution < -0.4 is 4.57 Å². The van der Waals surface area contributed by atoms with Crippen LogP contribution in [0.15, 0.2) is 54.6 Å². The summed E-state index contributed by atoms with van der Waals surface area (Å²) in [4.78, 5) is 12.4. The molecule has 2 nitrogen and oxygen atoms in total. The molecule has 1 aromatic heterocycles. The Kier molecular flexibility index (Phi) is 3.61. The van der Waals surface area contributed by atoms with E-state index >= 15 is 0 Å². The van der Waals surface area contributed by atoms with Crippen molar-refractivity contribution in [3.63, 3.8) is 0 Å². The highest BCUT2D eigenvalue weighted by atomic mass is 32.1. The Morgan fingerprint density at radius 3 is 2.50 bits per heavy atom. The van der Waals surface area contributed by atoms with Gasteiger partial charge in [-0.05, 0) is 6.07 Å². The van der Waals surface area contributed by atoms with Gasteiger partial charge in [-0.1, -0.05) is 60.7 Å². The molecule has 0 radical (unpaired) electrons. The Morgan fingerprint density at radius 1 is 1.05 bits per heavy atom. The molecule has 0 aliphatic carbocycles. The summed E-state index contributed by atoms with van der Waals surface area (Å²) >= 11 is 1.77. The lowest BCUT2D eigenvalue weighted by Crippen LogP contribution is -2.40. The lowest BCUT2D eigenvalue weighted by molar-refractivity contribution is -0.660. The first-order chi connectivity index (χ1) is 9.79. The number of fused-ring (bicyclic) bond motifs is 1. The van der Waals surface area contributed by atoms with E-state index in [0.717, 1.165) is 17.5 Å². The minimum absolute atomic E-state index is 0.161. The van der Waals surface area contributed by atoms with E-state index in [2.05, 4.69) is 23.6 Å². The molecule has 0 aliphatic rings. The van der Waals surface area contributed by atoms with Gasteiger partial charge in [0, 0.05) is 18.1 Å². The average molecular weight is 282 g/mol. The molecular weight excluding hydrogens is 266 g/mol. The van der Waals surface area contributed by atoms with Gasteiger partial charge in [0.15, 0.2) is 0 Å². The number of Topliss-reactive ketones (excluding diaryl/α,β-unsaturated/α-hetero) is 1. The normalized spacial score (nSPS) is 10.8. The second kappa shape index (κ2) is 5.55. The predicted molar refractivity (Wildman–Crippen MR) is 82.2 cm³/mol. The Labute approximate surface area is 122 Å². The number of benzene rings is 2. The van der Waals surface area contributed by atoms with Gasteiger partial charge >= 0.3 is 0 Å². The fourth-order valence-electron chi connectivity index (χ4n) is 2.38. The fourth-order valence-corrected chi connectivity index (χ4v) is 3.48. The van der Waals surface area contributed by atoms with Crippen molar-refractivity contribution < 1.29 is 9.36 Å². The van der Waals surface area contributed by atoms with E-state index in [-0.39, 0.29) is 5.78 Å². The highest BCUT2D eigenvalue weighted by molar-refractivity contribution is 7.18. The SMILES string of the molecule is CCc1sc2ccccc2[n+]1CC(=O)c1ccccc1. The molecule has 100 valence electrons. The van der Waals surface area contributed by atoms with Gasteiger partial charge in [0.05, 0.1) is 0 Å². The summed E-state index contributed by atoms with van der Waals surface area (Å²) in [5, 5.41) is 1.25. The van der Waals surface area contributed by atoms with E-state index in [0.29, 0.717) is 6.54 Å². The van der Waals surface area contributed by atoms with E-state index in [4.69, 9.17) is 0 Å². The molecular formula is C17H16NOS+. The molecule has 1 heterocycles. The molecule has 0 spiro atoms. The van der Waals surface area contributed by atoms with E-state index in [9.17, 15) is 4.79 Å². The van der Waals surface area contributed by atoms with Crippen LogP contribution in [0.3, 0.4) is 0 Å². The highest BCUT2D eigenvalue weighted by Crippen LogP contribution is 2.20. The number of carbonyl (C=O) groups is 1. The first-order valence-electron chi connectivity index (χ1n) is 6.78. The van der Waals surface area contributed by atoms with Crippen LogP contribution in [0.4, 0.5) is 0 Å². The molecule has 0 bridgehead atoms. The van der Waals surface area contributed by atoms with Gasteiger partial charge < -0.3 is 0 Å². The number of rotatable bonds is 4. The zero-order valence-electron chi connectivity index (χ0n) is 11.4. The Balaban J connectivity index is 2.00. The number of carbonyl (C=O) groups excluding carboxylic acids is 1. The Morgan fingerprint density at radius 2 is 1.75 bits per heavy atom. The van der Waals surface area contributed by atoms with Crippen LogP contribution in [0.5, 0.6) is 0 Å². The number of ketones is 1. The van der Waals surface area contributed by atoms with Gasteiger partial charge in [-0.15, -0.1) is 0 Å². The summed E-state index contributed by atoms with van der Waals surface area (Å²) in [5.74, 6) is 0.161. The average Bonchev–Trinajstić information content (AvgIpc) is 2.86. The number of aryl methyl sites for hydroxylation is 1. The van der Waals surface area contributed by atoms with E-state index < -0.39 is 0 Å². The number of aromatic nitrogens is 1. The number of hydrogen-bond acceptors (Lipinski definition) is 2. The van der Waals surface area contributed by atoms with E-state index in [1.165, 1.54) is 9.71 Å². The quantitative estimate of drug-likeness (QED) is 0.529. The zero-order chi connectivity index (χ0) is 13.9. The van der Waals surface area contributed by atoms with Crippen molar-refractivity contribution in [3.05, 3.63) is 65.2 Å². The van der Waals surface area contributed by atoms with Gasteiger partial charge in [0.2, 0.25) is 22.9 Å². The molecule has 0 aliphatic heterocycles. The van der Waals surface area contributed by atoms with Gasteiger partial charge in [-0.25, -0.2) is 0 Å². The maximum Gasteiger partial charge on any atom is 0.238 e. The van der Waals surface area contributed by atoms with Gasteiger partial charge in [0.1, 0.15) is 4.70 Å². The third-order valence-electron chi connectivity index (χ3n) is 3.38. The van der Waals surface area contributed by atoms with Crippen molar-refractivity contribution in [1.82, 2.24) is 0 Å². The van der Waals surface area contributed by atoms with Crippen molar-refractivity contribution in [2.45, 2.75) is 19.9 Å². The highest BCUT2D eigenvalue weighted by Gasteiger charge is 2.22. The Bertz CT molecular complexity index is 746. The maximum absolute atomic E-state index is 12.4. The predicted octanol–water partition coefficient (Wildman–Crippen LogP) is 3.63. The molecule has 0 N–H and O–H groups in total.